The highest BCUT2D eigenvalue weighted by atomic mass is 35.5. The lowest BCUT2D eigenvalue weighted by Gasteiger charge is -2.31. The number of allylic oxidation sites excluding steroid dienone is 1. The quantitative estimate of drug-likeness (QED) is 0.175. The van der Waals surface area contributed by atoms with E-state index in [4.69, 9.17) is 21.8 Å². The molecule has 1 aliphatic rings. The summed E-state index contributed by atoms with van der Waals surface area (Å²) >= 11 is 6.34. The van der Waals surface area contributed by atoms with Crippen LogP contribution in [0.4, 0.5) is 14.6 Å². The van der Waals surface area contributed by atoms with Crippen LogP contribution in [-0.4, -0.2) is 40.6 Å². The van der Waals surface area contributed by atoms with E-state index in [2.05, 4.69) is 4.98 Å². The predicted molar refractivity (Wildman–Crippen MR) is 173 cm³/mol. The number of likely N-dealkylation sites (tertiary alicyclic amines) is 1. The molecule has 3 heterocycles. The van der Waals surface area contributed by atoms with Gasteiger partial charge in [-0.1, -0.05) is 35.9 Å². The van der Waals surface area contributed by atoms with Gasteiger partial charge in [-0.3, -0.25) is 9.59 Å². The number of anilines is 1. The number of piperidine rings is 1. The molecule has 1 amide bonds. The van der Waals surface area contributed by atoms with Gasteiger partial charge in [0.05, 0.1) is 0 Å². The number of nitrogens with zero attached hydrogens (tertiary/aromatic N) is 2. The minimum Gasteiger partial charge on any atom is -0.460 e. The summed E-state index contributed by atoms with van der Waals surface area (Å²) in [7, 11) is 0. The molecule has 6 rings (SSSR count). The Balaban J connectivity index is 1.25. The van der Waals surface area contributed by atoms with E-state index >= 15 is 0 Å². The van der Waals surface area contributed by atoms with E-state index in [0.29, 0.717) is 34.2 Å². The number of nitrogens with two attached hydrogens (primary N) is 1. The number of pyridine rings is 1. The Morgan fingerprint density at radius 3 is 2.44 bits per heavy atom. The largest absolute Gasteiger partial charge is 0.460 e. The summed E-state index contributed by atoms with van der Waals surface area (Å²) in [5, 5.41) is 1.45. The van der Waals surface area contributed by atoms with Gasteiger partial charge in [0, 0.05) is 66.5 Å². The van der Waals surface area contributed by atoms with Crippen molar-refractivity contribution in [1.82, 2.24) is 9.88 Å². The Kier molecular flexibility index (Phi) is 8.50. The SMILES string of the molecule is Nc1ccc(/C=C/C(=O)CCc2cc3cc(-c4ccc(C(=O)N5CCC(F)(F)CC5)cc4)cc(-c4cccc(Cl)c4)c3o2)cn1. The van der Waals surface area contributed by atoms with E-state index in [1.54, 1.807) is 42.6 Å². The molecule has 0 unspecified atom stereocenters. The number of benzene rings is 3. The molecule has 0 atom stereocenters. The first-order chi connectivity index (χ1) is 21.6. The molecule has 5 aromatic rings. The number of nitrogen functional groups attached to an aromatic ring is 1. The van der Waals surface area contributed by atoms with E-state index in [-0.39, 0.29) is 44.0 Å². The van der Waals surface area contributed by atoms with Crippen molar-refractivity contribution in [2.24, 2.45) is 0 Å². The number of aryl methyl sites for hydroxylation is 1. The highest BCUT2D eigenvalue weighted by Crippen LogP contribution is 2.37. The number of fused-ring (bicyclic) bond motifs is 1. The van der Waals surface area contributed by atoms with Crippen molar-refractivity contribution in [3.63, 3.8) is 0 Å². The molecular formula is C36H30ClF2N3O3. The Morgan fingerprint density at radius 2 is 1.73 bits per heavy atom. The van der Waals surface area contributed by atoms with Crippen LogP contribution in [0.15, 0.2) is 95.6 Å². The number of amides is 1. The molecule has 2 aromatic heterocycles. The average Bonchev–Trinajstić information content (AvgIpc) is 3.46. The molecule has 1 fully saturated rings. The van der Waals surface area contributed by atoms with Crippen molar-refractivity contribution in [2.45, 2.75) is 31.6 Å². The minimum atomic E-state index is -2.71. The molecule has 6 nitrogen and oxygen atoms in total. The van der Waals surface area contributed by atoms with E-state index in [1.807, 2.05) is 48.5 Å². The first kappa shape index (κ1) is 30.2. The summed E-state index contributed by atoms with van der Waals surface area (Å²) in [4.78, 5) is 31.1. The predicted octanol–water partition coefficient (Wildman–Crippen LogP) is 8.48. The van der Waals surface area contributed by atoms with Crippen molar-refractivity contribution in [3.8, 4) is 22.3 Å². The van der Waals surface area contributed by atoms with Gasteiger partial charge in [-0.2, -0.15) is 0 Å². The number of carbonyl (C=O) groups excluding carboxylic acids is 2. The monoisotopic (exact) mass is 625 g/mol. The van der Waals surface area contributed by atoms with Crippen molar-refractivity contribution < 1.29 is 22.8 Å². The molecule has 2 N–H and O–H groups in total. The first-order valence-electron chi connectivity index (χ1n) is 14.7. The van der Waals surface area contributed by atoms with E-state index < -0.39 is 5.92 Å². The van der Waals surface area contributed by atoms with Crippen LogP contribution < -0.4 is 5.73 Å². The number of furan rings is 1. The number of hydrogen-bond donors (Lipinski definition) is 1. The second-order valence-corrected chi connectivity index (χ2v) is 11.6. The van der Waals surface area contributed by atoms with Gasteiger partial charge in [0.15, 0.2) is 5.78 Å². The van der Waals surface area contributed by atoms with Crippen molar-refractivity contribution >= 4 is 46.2 Å². The molecule has 0 spiro atoms. The van der Waals surface area contributed by atoms with Crippen molar-refractivity contribution in [3.05, 3.63) is 113 Å². The number of alkyl halides is 2. The second-order valence-electron chi connectivity index (χ2n) is 11.2. The maximum atomic E-state index is 13.6. The molecule has 9 heteroatoms. The van der Waals surface area contributed by atoms with Gasteiger partial charge in [-0.05, 0) is 89.0 Å². The zero-order valence-corrected chi connectivity index (χ0v) is 25.1. The molecule has 228 valence electrons. The highest BCUT2D eigenvalue weighted by molar-refractivity contribution is 6.30. The van der Waals surface area contributed by atoms with Gasteiger partial charge in [0.1, 0.15) is 17.2 Å². The lowest BCUT2D eigenvalue weighted by molar-refractivity contribution is -0.114. The van der Waals surface area contributed by atoms with Gasteiger partial charge in [0.2, 0.25) is 0 Å². The molecular weight excluding hydrogens is 596 g/mol. The fourth-order valence-corrected chi connectivity index (χ4v) is 5.62. The van der Waals surface area contributed by atoms with Gasteiger partial charge >= 0.3 is 0 Å². The number of halogens is 3. The molecule has 1 saturated heterocycles. The average molecular weight is 626 g/mol. The molecule has 0 aliphatic carbocycles. The molecule has 3 aromatic carbocycles. The lowest BCUT2D eigenvalue weighted by atomic mass is 9.96. The number of carbonyl (C=O) groups is 2. The lowest BCUT2D eigenvalue weighted by Crippen LogP contribution is -2.42. The van der Waals surface area contributed by atoms with Gasteiger partial charge in [-0.15, -0.1) is 0 Å². The standard InChI is InChI=1S/C36H30ClF2N3O3/c37-29-3-1-2-26(19-29)32-21-27(24-6-8-25(9-7-24)35(44)42-16-14-36(38,39)15-17-42)18-28-20-31(45-34(28)32)12-11-30(43)10-4-23-5-13-33(40)41-22-23/h1-10,13,18-22H,11-12,14-17H2,(H2,40,41)/b10-4+. The first-order valence-corrected chi connectivity index (χ1v) is 15.0. The summed E-state index contributed by atoms with van der Waals surface area (Å²) in [5.41, 5.74) is 11.0. The van der Waals surface area contributed by atoms with Crippen molar-refractivity contribution in [2.75, 3.05) is 18.8 Å². The Morgan fingerprint density at radius 1 is 0.956 bits per heavy atom. The van der Waals surface area contributed by atoms with E-state index in [1.165, 1.54) is 11.0 Å². The minimum absolute atomic E-state index is 0.0397. The maximum absolute atomic E-state index is 13.6. The smallest absolute Gasteiger partial charge is 0.253 e. The van der Waals surface area contributed by atoms with Gasteiger partial charge in [-0.25, -0.2) is 13.8 Å². The fourth-order valence-electron chi connectivity index (χ4n) is 5.43. The zero-order valence-electron chi connectivity index (χ0n) is 24.3. The third-order valence-corrected chi connectivity index (χ3v) is 8.17. The van der Waals surface area contributed by atoms with E-state index in [0.717, 1.165) is 33.2 Å². The normalized spacial score (nSPS) is 14.7. The Labute approximate surface area is 264 Å². The summed E-state index contributed by atoms with van der Waals surface area (Å²) < 4.78 is 33.5. The molecule has 0 radical (unpaired) electrons. The second kappa shape index (κ2) is 12.7. The van der Waals surface area contributed by atoms with Crippen molar-refractivity contribution in [1.29, 1.82) is 0 Å². The summed E-state index contributed by atoms with van der Waals surface area (Å²) in [6, 6.07) is 24.1. The number of rotatable bonds is 8. The molecule has 0 bridgehead atoms. The Hall–Kier alpha value is -4.82. The fraction of sp³-hybridized carbons (Fsp3) is 0.194. The third kappa shape index (κ3) is 7.13. The van der Waals surface area contributed by atoms with Crippen LogP contribution in [0.2, 0.25) is 5.02 Å². The molecule has 45 heavy (non-hydrogen) atoms. The number of ketones is 1. The van der Waals surface area contributed by atoms with Crippen LogP contribution in [0.3, 0.4) is 0 Å². The van der Waals surface area contributed by atoms with Crippen LogP contribution in [0.5, 0.6) is 0 Å². The van der Waals surface area contributed by atoms with Crippen LogP contribution >= 0.6 is 11.6 Å². The Bertz CT molecular complexity index is 1890. The van der Waals surface area contributed by atoms with Crippen LogP contribution in [0.25, 0.3) is 39.3 Å². The topological polar surface area (TPSA) is 89.4 Å². The summed E-state index contributed by atoms with van der Waals surface area (Å²) in [5.74, 6) is -1.91. The number of hydrogen-bond acceptors (Lipinski definition) is 5. The highest BCUT2D eigenvalue weighted by Gasteiger charge is 2.35. The van der Waals surface area contributed by atoms with E-state index in [9.17, 15) is 18.4 Å². The molecule has 0 saturated carbocycles. The zero-order chi connectivity index (χ0) is 31.6. The third-order valence-electron chi connectivity index (χ3n) is 7.94. The van der Waals surface area contributed by atoms with Gasteiger partial charge < -0.3 is 15.1 Å². The number of aromatic nitrogens is 1. The maximum Gasteiger partial charge on any atom is 0.253 e. The summed E-state index contributed by atoms with van der Waals surface area (Å²) in [6.45, 7) is 0.0794. The summed E-state index contributed by atoms with van der Waals surface area (Å²) in [6.07, 6.45) is 4.89. The van der Waals surface area contributed by atoms with Crippen LogP contribution in [-0.2, 0) is 11.2 Å². The molecule has 1 aliphatic heterocycles. The van der Waals surface area contributed by atoms with Crippen LogP contribution in [0, 0.1) is 0 Å². The van der Waals surface area contributed by atoms with Gasteiger partial charge in [0.25, 0.3) is 11.8 Å². The van der Waals surface area contributed by atoms with Crippen LogP contribution in [0.1, 0.15) is 40.9 Å².